The zero-order valence-electron chi connectivity index (χ0n) is 27.3. The molecule has 5 heteroatoms. The zero-order valence-corrected chi connectivity index (χ0v) is 27.3. The van der Waals surface area contributed by atoms with Crippen LogP contribution in [0.1, 0.15) is 187 Å². The summed E-state index contributed by atoms with van der Waals surface area (Å²) in [6.45, 7) is 4.12. The number of aliphatic hydroxyl groups is 1. The molecule has 1 unspecified atom stereocenters. The van der Waals surface area contributed by atoms with Crippen LogP contribution < -0.4 is 0 Å². The fourth-order valence-electron chi connectivity index (χ4n) is 5.08. The molecule has 0 aliphatic rings. The van der Waals surface area contributed by atoms with E-state index in [9.17, 15) is 14.7 Å². The van der Waals surface area contributed by atoms with Crippen molar-refractivity contribution in [1.82, 2.24) is 0 Å². The molecule has 0 bridgehead atoms. The van der Waals surface area contributed by atoms with Gasteiger partial charge in [-0.05, 0) is 38.5 Å². The van der Waals surface area contributed by atoms with Gasteiger partial charge in [-0.15, -0.1) is 0 Å². The van der Waals surface area contributed by atoms with Gasteiger partial charge in [-0.2, -0.15) is 0 Å². The summed E-state index contributed by atoms with van der Waals surface area (Å²) in [4.78, 5) is 24.1. The van der Waals surface area contributed by atoms with E-state index in [-0.39, 0.29) is 25.2 Å². The van der Waals surface area contributed by atoms with Crippen molar-refractivity contribution in [3.8, 4) is 0 Å². The summed E-state index contributed by atoms with van der Waals surface area (Å²) in [6.07, 6.45) is 35.5. The first-order chi connectivity index (χ1) is 20.1. The molecule has 0 spiro atoms. The summed E-state index contributed by atoms with van der Waals surface area (Å²) in [6, 6.07) is 0. The minimum absolute atomic E-state index is 0.0637. The quantitative estimate of drug-likeness (QED) is 0.0487. The van der Waals surface area contributed by atoms with E-state index in [1.54, 1.807) is 0 Å². The monoisotopic (exact) mass is 581 g/mol. The number of esters is 2. The lowest BCUT2D eigenvalue weighted by atomic mass is 10.0. The second-order valence-electron chi connectivity index (χ2n) is 12.0. The Kier molecular flexibility index (Phi) is 32.0. The molecule has 0 fully saturated rings. The zero-order chi connectivity index (χ0) is 30.1. The predicted molar refractivity (Wildman–Crippen MR) is 173 cm³/mol. The summed E-state index contributed by atoms with van der Waals surface area (Å²) in [7, 11) is 0. The van der Waals surface area contributed by atoms with Crippen LogP contribution in [0.5, 0.6) is 0 Å². The second kappa shape index (κ2) is 33.1. The van der Waals surface area contributed by atoms with Crippen LogP contribution in [0.2, 0.25) is 0 Å². The van der Waals surface area contributed by atoms with Crippen molar-refractivity contribution in [3.05, 3.63) is 12.2 Å². The summed E-state index contributed by atoms with van der Waals surface area (Å²) in [5, 5.41) is 9.51. The number of aliphatic hydroxyl groups excluding tert-OH is 1. The van der Waals surface area contributed by atoms with Crippen LogP contribution in [0.15, 0.2) is 12.2 Å². The average molecular weight is 581 g/mol. The van der Waals surface area contributed by atoms with E-state index in [1.807, 2.05) is 0 Å². The third kappa shape index (κ3) is 31.4. The number of carbonyl (C=O) groups is 2. The largest absolute Gasteiger partial charge is 0.462 e. The van der Waals surface area contributed by atoms with Gasteiger partial charge in [0.05, 0.1) is 6.61 Å². The van der Waals surface area contributed by atoms with Gasteiger partial charge in [0.25, 0.3) is 0 Å². The van der Waals surface area contributed by atoms with Crippen LogP contribution in [0, 0.1) is 0 Å². The summed E-state index contributed by atoms with van der Waals surface area (Å²) >= 11 is 0. The fraction of sp³-hybridized carbons (Fsp3) is 0.889. The van der Waals surface area contributed by atoms with Crippen LogP contribution in [0.25, 0.3) is 0 Å². The summed E-state index contributed by atoms with van der Waals surface area (Å²) in [5.41, 5.74) is 0. The van der Waals surface area contributed by atoms with E-state index in [4.69, 9.17) is 9.47 Å². The Labute approximate surface area is 254 Å². The number of rotatable bonds is 32. The molecular weight excluding hydrogens is 512 g/mol. The lowest BCUT2D eigenvalue weighted by Crippen LogP contribution is -2.28. The van der Waals surface area contributed by atoms with Crippen molar-refractivity contribution in [2.24, 2.45) is 0 Å². The van der Waals surface area contributed by atoms with E-state index < -0.39 is 6.10 Å². The molecule has 0 saturated carbocycles. The van der Waals surface area contributed by atoms with Crippen molar-refractivity contribution >= 4 is 11.9 Å². The first-order valence-electron chi connectivity index (χ1n) is 17.7. The Hall–Kier alpha value is -1.36. The van der Waals surface area contributed by atoms with Gasteiger partial charge in [-0.1, -0.05) is 148 Å². The van der Waals surface area contributed by atoms with Crippen LogP contribution in [0.4, 0.5) is 0 Å². The SMILES string of the molecule is CCCCCCC/C=C\CCCCCCCC(=O)OC(CO)COC(=O)CCCCCCCCCCCCCCC. The van der Waals surface area contributed by atoms with Crippen molar-refractivity contribution in [3.63, 3.8) is 0 Å². The molecule has 0 aliphatic heterocycles. The smallest absolute Gasteiger partial charge is 0.306 e. The van der Waals surface area contributed by atoms with E-state index >= 15 is 0 Å². The maximum absolute atomic E-state index is 12.1. The van der Waals surface area contributed by atoms with Crippen LogP contribution in [0.3, 0.4) is 0 Å². The third-order valence-electron chi connectivity index (χ3n) is 7.81. The molecular formula is C36H68O5. The Morgan fingerprint density at radius 2 is 0.902 bits per heavy atom. The van der Waals surface area contributed by atoms with Gasteiger partial charge in [-0.25, -0.2) is 0 Å². The van der Waals surface area contributed by atoms with Gasteiger partial charge < -0.3 is 14.6 Å². The topological polar surface area (TPSA) is 72.8 Å². The second-order valence-corrected chi connectivity index (χ2v) is 12.0. The van der Waals surface area contributed by atoms with Crippen molar-refractivity contribution in [2.75, 3.05) is 13.2 Å². The molecule has 0 rings (SSSR count). The maximum atomic E-state index is 12.1. The van der Waals surface area contributed by atoms with Gasteiger partial charge >= 0.3 is 11.9 Å². The molecule has 1 atom stereocenters. The van der Waals surface area contributed by atoms with E-state index in [1.165, 1.54) is 116 Å². The molecule has 0 aromatic rings. The average Bonchev–Trinajstić information content (AvgIpc) is 2.97. The normalized spacial score (nSPS) is 12.2. The van der Waals surface area contributed by atoms with Crippen LogP contribution in [-0.2, 0) is 19.1 Å². The molecule has 5 nitrogen and oxygen atoms in total. The lowest BCUT2D eigenvalue weighted by Gasteiger charge is -2.15. The first-order valence-corrected chi connectivity index (χ1v) is 17.7. The maximum Gasteiger partial charge on any atom is 0.306 e. The van der Waals surface area contributed by atoms with Gasteiger partial charge in [0, 0.05) is 12.8 Å². The number of hydrogen-bond donors (Lipinski definition) is 1. The molecule has 0 aromatic carbocycles. The van der Waals surface area contributed by atoms with E-state index in [0.29, 0.717) is 12.8 Å². The highest BCUT2D eigenvalue weighted by molar-refractivity contribution is 5.70. The molecule has 242 valence electrons. The molecule has 0 radical (unpaired) electrons. The van der Waals surface area contributed by atoms with Crippen molar-refractivity contribution in [2.45, 2.75) is 193 Å². The molecule has 41 heavy (non-hydrogen) atoms. The minimum atomic E-state index is -0.767. The summed E-state index contributed by atoms with van der Waals surface area (Å²) < 4.78 is 10.6. The predicted octanol–water partition coefficient (Wildman–Crippen LogP) is 10.6. The molecule has 0 heterocycles. The number of carbonyl (C=O) groups excluding carboxylic acids is 2. The van der Waals surface area contributed by atoms with Gasteiger partial charge in [-0.3, -0.25) is 9.59 Å². The Balaban J connectivity index is 3.56. The van der Waals surface area contributed by atoms with Gasteiger partial charge in [0.2, 0.25) is 0 Å². The van der Waals surface area contributed by atoms with Gasteiger partial charge in [0.1, 0.15) is 6.61 Å². The molecule has 1 N–H and O–H groups in total. The fourth-order valence-corrected chi connectivity index (χ4v) is 5.08. The first kappa shape index (κ1) is 39.6. The van der Waals surface area contributed by atoms with Crippen LogP contribution >= 0.6 is 0 Å². The van der Waals surface area contributed by atoms with E-state index in [2.05, 4.69) is 26.0 Å². The number of ether oxygens (including phenoxy) is 2. The Morgan fingerprint density at radius 1 is 0.537 bits per heavy atom. The Morgan fingerprint density at radius 3 is 1.32 bits per heavy atom. The third-order valence-corrected chi connectivity index (χ3v) is 7.81. The highest BCUT2D eigenvalue weighted by Crippen LogP contribution is 2.14. The lowest BCUT2D eigenvalue weighted by molar-refractivity contribution is -0.161. The molecule has 0 saturated heterocycles. The van der Waals surface area contributed by atoms with Crippen molar-refractivity contribution < 1.29 is 24.2 Å². The minimum Gasteiger partial charge on any atom is -0.462 e. The van der Waals surface area contributed by atoms with Crippen LogP contribution in [-0.4, -0.2) is 36.4 Å². The standard InChI is InChI=1S/C36H68O5/c1-3-5-7-9-11-13-15-17-19-21-23-25-27-29-31-36(39)41-34(32-37)33-40-35(38)30-28-26-24-22-20-18-16-14-12-10-8-6-4-2/h15,17,34,37H,3-14,16,18-33H2,1-2H3/b17-15-. The number of hydrogen-bond acceptors (Lipinski definition) is 5. The number of allylic oxidation sites excluding steroid dienone is 2. The number of unbranched alkanes of at least 4 members (excludes halogenated alkanes) is 22. The molecule has 0 amide bonds. The van der Waals surface area contributed by atoms with E-state index in [0.717, 1.165) is 44.9 Å². The highest BCUT2D eigenvalue weighted by atomic mass is 16.6. The van der Waals surface area contributed by atoms with Crippen molar-refractivity contribution in [1.29, 1.82) is 0 Å². The van der Waals surface area contributed by atoms with Gasteiger partial charge in [0.15, 0.2) is 6.10 Å². The highest BCUT2D eigenvalue weighted by Gasteiger charge is 2.16. The molecule has 0 aliphatic carbocycles. The summed E-state index contributed by atoms with van der Waals surface area (Å²) in [5.74, 6) is -0.595. The Bertz CT molecular complexity index is 589. The molecule has 0 aromatic heterocycles.